The molecule has 0 spiro atoms. The molecule has 176 valence electrons. The van der Waals surface area contributed by atoms with Gasteiger partial charge in [-0.2, -0.15) is 0 Å². The fourth-order valence-electron chi connectivity index (χ4n) is 4.44. The SMILES string of the molecule is CC(C)Cc1cccc(CN(Cc2c(Cl)cccc2[N+](=O)[O-])C(CC(C)C)CC(C)C)c1. The van der Waals surface area contributed by atoms with E-state index in [4.69, 9.17) is 11.6 Å². The number of hydrogen-bond acceptors (Lipinski definition) is 3. The third-order valence-electron chi connectivity index (χ3n) is 5.68. The smallest absolute Gasteiger partial charge is 0.275 e. The molecule has 0 saturated heterocycles. The summed E-state index contributed by atoms with van der Waals surface area (Å²) >= 11 is 6.49. The monoisotopic (exact) mass is 458 g/mol. The summed E-state index contributed by atoms with van der Waals surface area (Å²) in [6.45, 7) is 14.7. The molecule has 2 rings (SSSR count). The van der Waals surface area contributed by atoms with E-state index in [0.29, 0.717) is 40.9 Å². The Kier molecular flexibility index (Phi) is 10.2. The zero-order valence-corrected chi connectivity index (χ0v) is 21.2. The molecule has 0 amide bonds. The number of nitro benzene ring substituents is 1. The zero-order chi connectivity index (χ0) is 23.8. The summed E-state index contributed by atoms with van der Waals surface area (Å²) in [5.74, 6) is 1.67. The Bertz CT molecular complexity index is 870. The van der Waals surface area contributed by atoms with Crippen LogP contribution in [0, 0.1) is 27.9 Å². The molecule has 32 heavy (non-hydrogen) atoms. The standard InChI is InChI=1S/C27H39ClN2O2/c1-19(2)13-22-9-7-10-23(16-22)17-29(24(14-20(3)4)15-21(5)6)18-25-26(28)11-8-12-27(25)30(31)32/h7-12,16,19-21,24H,13-15,17-18H2,1-6H3. The molecule has 0 radical (unpaired) electrons. The number of nitro groups is 1. The lowest BCUT2D eigenvalue weighted by molar-refractivity contribution is -0.385. The van der Waals surface area contributed by atoms with Crippen molar-refractivity contribution in [2.75, 3.05) is 0 Å². The van der Waals surface area contributed by atoms with Gasteiger partial charge in [-0.1, -0.05) is 83.5 Å². The second-order valence-electron chi connectivity index (χ2n) is 10.2. The largest absolute Gasteiger partial charge is 0.292 e. The first kappa shape index (κ1) is 26.3. The molecule has 0 heterocycles. The highest BCUT2D eigenvalue weighted by molar-refractivity contribution is 6.31. The zero-order valence-electron chi connectivity index (χ0n) is 20.5. The molecule has 0 atom stereocenters. The Morgan fingerprint density at radius 3 is 2.03 bits per heavy atom. The van der Waals surface area contributed by atoms with E-state index in [1.807, 2.05) is 0 Å². The molecule has 0 N–H and O–H groups in total. The van der Waals surface area contributed by atoms with Gasteiger partial charge in [-0.15, -0.1) is 0 Å². The summed E-state index contributed by atoms with van der Waals surface area (Å²) in [7, 11) is 0. The van der Waals surface area contributed by atoms with Gasteiger partial charge >= 0.3 is 0 Å². The van der Waals surface area contributed by atoms with Crippen LogP contribution in [-0.2, 0) is 19.5 Å². The summed E-state index contributed by atoms with van der Waals surface area (Å²) < 4.78 is 0. The quantitative estimate of drug-likeness (QED) is 0.239. The second kappa shape index (κ2) is 12.4. The average molecular weight is 459 g/mol. The van der Waals surface area contributed by atoms with Crippen LogP contribution < -0.4 is 0 Å². The van der Waals surface area contributed by atoms with Crippen LogP contribution >= 0.6 is 11.6 Å². The minimum absolute atomic E-state index is 0.101. The fraction of sp³-hybridized carbons (Fsp3) is 0.556. The minimum atomic E-state index is -0.317. The molecule has 5 heteroatoms. The first-order valence-electron chi connectivity index (χ1n) is 11.8. The van der Waals surface area contributed by atoms with Gasteiger partial charge in [-0.25, -0.2) is 0 Å². The van der Waals surface area contributed by atoms with Gasteiger partial charge in [0.25, 0.3) is 5.69 Å². The van der Waals surface area contributed by atoms with E-state index in [1.54, 1.807) is 18.2 Å². The van der Waals surface area contributed by atoms with Crippen molar-refractivity contribution in [3.05, 3.63) is 74.3 Å². The Hall–Kier alpha value is -1.91. The Balaban J connectivity index is 2.44. The molecular formula is C27H39ClN2O2. The van der Waals surface area contributed by atoms with E-state index in [0.717, 1.165) is 25.8 Å². The van der Waals surface area contributed by atoms with Crippen molar-refractivity contribution in [2.45, 2.75) is 79.9 Å². The van der Waals surface area contributed by atoms with Gasteiger partial charge in [0.05, 0.1) is 15.5 Å². The summed E-state index contributed by atoms with van der Waals surface area (Å²) in [4.78, 5) is 13.8. The topological polar surface area (TPSA) is 46.4 Å². The third kappa shape index (κ3) is 8.22. The van der Waals surface area contributed by atoms with Crippen molar-refractivity contribution in [1.29, 1.82) is 0 Å². The van der Waals surface area contributed by atoms with Crippen LogP contribution in [0.25, 0.3) is 0 Å². The van der Waals surface area contributed by atoms with E-state index in [1.165, 1.54) is 11.1 Å². The van der Waals surface area contributed by atoms with E-state index < -0.39 is 0 Å². The number of halogens is 1. The normalized spacial score (nSPS) is 12.0. The number of benzene rings is 2. The Morgan fingerprint density at radius 1 is 0.875 bits per heavy atom. The van der Waals surface area contributed by atoms with Crippen LogP contribution in [0.5, 0.6) is 0 Å². The van der Waals surface area contributed by atoms with Gasteiger partial charge in [-0.05, 0) is 54.2 Å². The molecule has 2 aromatic rings. The maximum atomic E-state index is 11.7. The number of hydrogen-bond donors (Lipinski definition) is 0. The summed E-state index contributed by atoms with van der Waals surface area (Å²) in [6, 6.07) is 14.1. The van der Waals surface area contributed by atoms with Gasteiger partial charge in [0.15, 0.2) is 0 Å². The predicted octanol–water partition coefficient (Wildman–Crippen LogP) is 7.91. The first-order valence-corrected chi connectivity index (χ1v) is 12.2. The van der Waals surface area contributed by atoms with E-state index in [2.05, 4.69) is 70.7 Å². The van der Waals surface area contributed by atoms with Crippen LogP contribution in [0.15, 0.2) is 42.5 Å². The number of rotatable bonds is 12. The maximum absolute atomic E-state index is 11.7. The first-order chi connectivity index (χ1) is 15.1. The van der Waals surface area contributed by atoms with Gasteiger partial charge in [0, 0.05) is 25.2 Å². The molecule has 0 fully saturated rings. The lowest BCUT2D eigenvalue weighted by atomic mass is 9.93. The van der Waals surface area contributed by atoms with Crippen LogP contribution in [0.3, 0.4) is 0 Å². The molecule has 0 aliphatic carbocycles. The van der Waals surface area contributed by atoms with Gasteiger partial charge in [-0.3, -0.25) is 15.0 Å². The van der Waals surface area contributed by atoms with Crippen molar-refractivity contribution in [3.63, 3.8) is 0 Å². The molecule has 0 aromatic heterocycles. The Morgan fingerprint density at radius 2 is 1.47 bits per heavy atom. The lowest BCUT2D eigenvalue weighted by Crippen LogP contribution is -2.36. The second-order valence-corrected chi connectivity index (χ2v) is 10.6. The lowest BCUT2D eigenvalue weighted by Gasteiger charge is -2.34. The predicted molar refractivity (Wildman–Crippen MR) is 135 cm³/mol. The molecule has 4 nitrogen and oxygen atoms in total. The van der Waals surface area contributed by atoms with E-state index in [9.17, 15) is 10.1 Å². The average Bonchev–Trinajstić information content (AvgIpc) is 2.67. The fourth-order valence-corrected chi connectivity index (χ4v) is 4.66. The van der Waals surface area contributed by atoms with Crippen molar-refractivity contribution in [1.82, 2.24) is 4.90 Å². The molecule has 0 aliphatic rings. The van der Waals surface area contributed by atoms with Crippen molar-refractivity contribution in [2.24, 2.45) is 17.8 Å². The highest BCUT2D eigenvalue weighted by Crippen LogP contribution is 2.31. The number of nitrogens with zero attached hydrogens (tertiary/aromatic N) is 2. The minimum Gasteiger partial charge on any atom is -0.292 e. The molecule has 0 aliphatic heterocycles. The summed E-state index contributed by atoms with van der Waals surface area (Å²) in [5, 5.41) is 12.2. The van der Waals surface area contributed by atoms with Gasteiger partial charge in [0.1, 0.15) is 0 Å². The highest BCUT2D eigenvalue weighted by Gasteiger charge is 2.26. The van der Waals surface area contributed by atoms with Crippen molar-refractivity contribution < 1.29 is 4.92 Å². The molecule has 0 saturated carbocycles. The summed E-state index contributed by atoms with van der Waals surface area (Å²) in [6.07, 6.45) is 3.13. The molecular weight excluding hydrogens is 420 g/mol. The van der Waals surface area contributed by atoms with Crippen LogP contribution in [0.2, 0.25) is 5.02 Å². The van der Waals surface area contributed by atoms with Crippen LogP contribution in [-0.4, -0.2) is 15.9 Å². The van der Waals surface area contributed by atoms with Gasteiger partial charge in [0.2, 0.25) is 0 Å². The third-order valence-corrected chi connectivity index (χ3v) is 6.03. The summed E-state index contributed by atoms with van der Waals surface area (Å²) in [5.41, 5.74) is 3.29. The van der Waals surface area contributed by atoms with Crippen molar-refractivity contribution >= 4 is 17.3 Å². The van der Waals surface area contributed by atoms with Crippen LogP contribution in [0.4, 0.5) is 5.69 Å². The van der Waals surface area contributed by atoms with Crippen molar-refractivity contribution in [3.8, 4) is 0 Å². The van der Waals surface area contributed by atoms with Crippen LogP contribution in [0.1, 0.15) is 71.1 Å². The molecule has 0 bridgehead atoms. The molecule has 2 aromatic carbocycles. The van der Waals surface area contributed by atoms with E-state index >= 15 is 0 Å². The van der Waals surface area contributed by atoms with Gasteiger partial charge < -0.3 is 0 Å². The highest BCUT2D eigenvalue weighted by atomic mass is 35.5. The Labute approximate surface area is 199 Å². The molecule has 0 unspecified atom stereocenters. The van der Waals surface area contributed by atoms with E-state index in [-0.39, 0.29) is 10.6 Å². The maximum Gasteiger partial charge on any atom is 0.275 e.